The Hall–Kier alpha value is -2.64. The van der Waals surface area contributed by atoms with Crippen LogP contribution in [0, 0.1) is 12.7 Å². The van der Waals surface area contributed by atoms with Crippen molar-refractivity contribution in [3.63, 3.8) is 0 Å². The van der Waals surface area contributed by atoms with E-state index >= 15 is 0 Å². The molecule has 3 amide bonds. The number of likely N-dealkylation sites (N-methyl/N-ethyl adjacent to an activating group) is 1. The molecule has 0 aliphatic heterocycles. The molecule has 0 radical (unpaired) electrons. The minimum Gasteiger partial charge on any atom is -0.491 e. The summed E-state index contributed by atoms with van der Waals surface area (Å²) in [5, 5.41) is 2.68. The Balaban J connectivity index is 2.45. The predicted octanol–water partition coefficient (Wildman–Crippen LogP) is 1.91. The molecule has 1 aromatic rings. The van der Waals surface area contributed by atoms with Gasteiger partial charge < -0.3 is 20.7 Å². The zero-order valence-electron chi connectivity index (χ0n) is 16.8. The van der Waals surface area contributed by atoms with Gasteiger partial charge in [-0.2, -0.15) is 0 Å². The van der Waals surface area contributed by atoms with Crippen molar-refractivity contribution in [3.05, 3.63) is 29.6 Å². The van der Waals surface area contributed by atoms with Gasteiger partial charge in [-0.25, -0.2) is 4.39 Å². The monoisotopic (exact) mass is 395 g/mol. The van der Waals surface area contributed by atoms with Crippen LogP contribution in [0.25, 0.3) is 0 Å². The van der Waals surface area contributed by atoms with Crippen LogP contribution in [0.15, 0.2) is 18.2 Å². The van der Waals surface area contributed by atoms with E-state index in [1.54, 1.807) is 19.1 Å². The number of hydrogen-bond acceptors (Lipinski definition) is 4. The quantitative estimate of drug-likeness (QED) is 0.528. The van der Waals surface area contributed by atoms with Crippen LogP contribution in [0.4, 0.5) is 4.39 Å². The number of aryl methyl sites for hydroxylation is 1. The lowest BCUT2D eigenvalue weighted by atomic mass is 10.1. The largest absolute Gasteiger partial charge is 0.491 e. The fraction of sp³-hybridized carbons (Fsp3) is 0.550. The highest BCUT2D eigenvalue weighted by atomic mass is 19.1. The Morgan fingerprint density at radius 2 is 2.00 bits per heavy atom. The van der Waals surface area contributed by atoms with E-state index in [2.05, 4.69) is 5.32 Å². The Labute approximate surface area is 165 Å². The second-order valence-electron chi connectivity index (χ2n) is 6.72. The number of ether oxygens (including phenoxy) is 1. The number of carbonyl (C=O) groups excluding carboxylic acids is 3. The molecule has 0 fully saturated rings. The number of nitrogens with one attached hydrogen (secondary N) is 1. The van der Waals surface area contributed by atoms with Crippen molar-refractivity contribution in [2.75, 3.05) is 20.2 Å². The van der Waals surface area contributed by atoms with Crippen molar-refractivity contribution in [3.8, 4) is 5.75 Å². The van der Waals surface area contributed by atoms with Gasteiger partial charge in [0.1, 0.15) is 6.04 Å². The number of unbranched alkanes of at least 4 members (excludes halogenated alkanes) is 1. The zero-order valence-corrected chi connectivity index (χ0v) is 16.8. The zero-order chi connectivity index (χ0) is 21.1. The van der Waals surface area contributed by atoms with E-state index in [9.17, 15) is 18.8 Å². The fourth-order valence-corrected chi connectivity index (χ4v) is 2.60. The first-order valence-corrected chi connectivity index (χ1v) is 9.46. The van der Waals surface area contributed by atoms with Crippen LogP contribution in [-0.4, -0.2) is 48.9 Å². The number of nitrogens with two attached hydrogens (primary N) is 1. The summed E-state index contributed by atoms with van der Waals surface area (Å²) in [4.78, 5) is 37.1. The summed E-state index contributed by atoms with van der Waals surface area (Å²) < 4.78 is 19.1. The lowest BCUT2D eigenvalue weighted by Gasteiger charge is -2.26. The number of hydrogen-bond donors (Lipinski definition) is 2. The van der Waals surface area contributed by atoms with E-state index in [0.717, 1.165) is 12.0 Å². The van der Waals surface area contributed by atoms with E-state index < -0.39 is 23.7 Å². The molecule has 156 valence electrons. The first kappa shape index (κ1) is 23.4. The first-order valence-electron chi connectivity index (χ1n) is 9.46. The van der Waals surface area contributed by atoms with E-state index in [1.165, 1.54) is 18.0 Å². The third kappa shape index (κ3) is 7.94. The molecular weight excluding hydrogens is 365 g/mol. The second kappa shape index (κ2) is 11.9. The molecule has 1 rings (SSSR count). The molecule has 0 bridgehead atoms. The van der Waals surface area contributed by atoms with Crippen molar-refractivity contribution in [2.24, 2.45) is 5.73 Å². The Morgan fingerprint density at radius 3 is 2.61 bits per heavy atom. The molecule has 1 aromatic carbocycles. The standard InChI is InChI=1S/C20H30FN3O4/c1-4-10-23-20(27)16(13-18(22)25)24(3)19(26)7-5-6-11-28-17-9-8-14(2)12-15(17)21/h8-9,12,16H,4-7,10-11,13H2,1-3H3,(H2,22,25)(H,23,27). The summed E-state index contributed by atoms with van der Waals surface area (Å²) >= 11 is 0. The lowest BCUT2D eigenvalue weighted by Crippen LogP contribution is -2.49. The molecule has 0 saturated carbocycles. The summed E-state index contributed by atoms with van der Waals surface area (Å²) in [6, 6.07) is 3.82. The van der Waals surface area contributed by atoms with Crippen LogP contribution in [0.3, 0.4) is 0 Å². The summed E-state index contributed by atoms with van der Waals surface area (Å²) in [5.41, 5.74) is 6.02. The van der Waals surface area contributed by atoms with Crippen molar-refractivity contribution in [1.82, 2.24) is 10.2 Å². The maximum Gasteiger partial charge on any atom is 0.243 e. The molecule has 0 aliphatic carbocycles. The molecule has 8 heteroatoms. The third-order valence-corrected chi connectivity index (χ3v) is 4.24. The van der Waals surface area contributed by atoms with Crippen LogP contribution in [0.2, 0.25) is 0 Å². The van der Waals surface area contributed by atoms with E-state index in [-0.39, 0.29) is 31.1 Å². The van der Waals surface area contributed by atoms with Gasteiger partial charge in [0.25, 0.3) is 0 Å². The summed E-state index contributed by atoms with van der Waals surface area (Å²) in [5.74, 6) is -1.54. The molecule has 7 nitrogen and oxygen atoms in total. The van der Waals surface area contributed by atoms with Crippen molar-refractivity contribution >= 4 is 17.7 Å². The number of rotatable bonds is 12. The average molecular weight is 395 g/mol. The van der Waals surface area contributed by atoms with Crippen molar-refractivity contribution in [2.45, 2.75) is 52.0 Å². The molecule has 1 unspecified atom stereocenters. The van der Waals surface area contributed by atoms with E-state index in [1.807, 2.05) is 6.92 Å². The number of carbonyl (C=O) groups is 3. The molecule has 1 atom stereocenters. The van der Waals surface area contributed by atoms with E-state index in [4.69, 9.17) is 10.5 Å². The molecule has 0 spiro atoms. The van der Waals surface area contributed by atoms with Gasteiger partial charge in [-0.05, 0) is 43.9 Å². The number of benzene rings is 1. The molecule has 3 N–H and O–H groups in total. The van der Waals surface area contributed by atoms with Gasteiger partial charge >= 0.3 is 0 Å². The summed E-state index contributed by atoms with van der Waals surface area (Å²) in [6.45, 7) is 4.44. The molecule has 0 aromatic heterocycles. The maximum absolute atomic E-state index is 13.7. The Morgan fingerprint density at radius 1 is 1.29 bits per heavy atom. The van der Waals surface area contributed by atoms with Crippen LogP contribution < -0.4 is 15.8 Å². The van der Waals surface area contributed by atoms with E-state index in [0.29, 0.717) is 19.4 Å². The van der Waals surface area contributed by atoms with Crippen LogP contribution >= 0.6 is 0 Å². The van der Waals surface area contributed by atoms with Crippen molar-refractivity contribution in [1.29, 1.82) is 0 Å². The Bertz CT molecular complexity index is 681. The van der Waals surface area contributed by atoms with Gasteiger partial charge in [-0.1, -0.05) is 13.0 Å². The molecular formula is C20H30FN3O4. The lowest BCUT2D eigenvalue weighted by molar-refractivity contribution is -0.140. The van der Waals surface area contributed by atoms with Gasteiger partial charge in [0.15, 0.2) is 11.6 Å². The van der Waals surface area contributed by atoms with Gasteiger partial charge in [0.2, 0.25) is 17.7 Å². The smallest absolute Gasteiger partial charge is 0.243 e. The fourth-order valence-electron chi connectivity index (χ4n) is 2.60. The second-order valence-corrected chi connectivity index (χ2v) is 6.72. The average Bonchev–Trinajstić information content (AvgIpc) is 2.64. The van der Waals surface area contributed by atoms with Crippen LogP contribution in [0.1, 0.15) is 44.6 Å². The van der Waals surface area contributed by atoms with Crippen molar-refractivity contribution < 1.29 is 23.5 Å². The van der Waals surface area contributed by atoms with Crippen LogP contribution in [-0.2, 0) is 14.4 Å². The number of nitrogens with zero attached hydrogens (tertiary/aromatic N) is 1. The van der Waals surface area contributed by atoms with Gasteiger partial charge in [0.05, 0.1) is 13.0 Å². The highest BCUT2D eigenvalue weighted by Gasteiger charge is 2.27. The highest BCUT2D eigenvalue weighted by molar-refractivity contribution is 5.91. The number of primary amides is 1. The van der Waals surface area contributed by atoms with Gasteiger partial charge in [-0.15, -0.1) is 0 Å². The summed E-state index contributed by atoms with van der Waals surface area (Å²) in [6.07, 6.45) is 1.76. The highest BCUT2D eigenvalue weighted by Crippen LogP contribution is 2.18. The van der Waals surface area contributed by atoms with Gasteiger partial charge in [-0.3, -0.25) is 14.4 Å². The maximum atomic E-state index is 13.7. The van der Waals surface area contributed by atoms with Gasteiger partial charge in [0, 0.05) is 20.0 Å². The third-order valence-electron chi connectivity index (χ3n) is 4.24. The topological polar surface area (TPSA) is 102 Å². The number of amides is 3. The Kier molecular flexibility index (Phi) is 9.98. The minimum absolute atomic E-state index is 0.183. The van der Waals surface area contributed by atoms with Crippen LogP contribution in [0.5, 0.6) is 5.75 Å². The number of halogens is 1. The molecule has 0 saturated heterocycles. The normalized spacial score (nSPS) is 11.6. The molecule has 28 heavy (non-hydrogen) atoms. The summed E-state index contributed by atoms with van der Waals surface area (Å²) in [7, 11) is 1.49. The first-order chi connectivity index (χ1) is 13.3. The predicted molar refractivity (Wildman–Crippen MR) is 104 cm³/mol. The molecule has 0 heterocycles. The molecule has 0 aliphatic rings. The minimum atomic E-state index is -0.922. The SMILES string of the molecule is CCCNC(=O)C(CC(N)=O)N(C)C(=O)CCCCOc1ccc(C)cc1F.